The van der Waals surface area contributed by atoms with Crippen molar-refractivity contribution in [1.29, 1.82) is 0 Å². The van der Waals surface area contributed by atoms with Gasteiger partial charge < -0.3 is 14.7 Å². The second-order valence-corrected chi connectivity index (χ2v) is 6.37. The van der Waals surface area contributed by atoms with Crippen LogP contribution in [0, 0.1) is 20.8 Å². The van der Waals surface area contributed by atoms with Crippen LogP contribution in [-0.2, 0) is 11.2 Å². The number of aryl methyl sites for hydroxylation is 3. The highest BCUT2D eigenvalue weighted by Crippen LogP contribution is 2.26. The van der Waals surface area contributed by atoms with E-state index in [9.17, 15) is 4.79 Å². The van der Waals surface area contributed by atoms with Crippen molar-refractivity contribution in [2.24, 2.45) is 0 Å². The number of benzene rings is 1. The number of hydrogen-bond acceptors (Lipinski definition) is 3. The van der Waals surface area contributed by atoms with Gasteiger partial charge in [0.15, 0.2) is 0 Å². The molecule has 0 fully saturated rings. The SMILES string of the molecule is CC[C@@H](NC(=O)Cc1coc2cc(C)cc(C)c12)c1ncc(C)[nH]1. The van der Waals surface area contributed by atoms with E-state index in [0.717, 1.165) is 45.6 Å². The number of aromatic amines is 1. The van der Waals surface area contributed by atoms with Gasteiger partial charge in [-0.1, -0.05) is 13.0 Å². The molecule has 0 bridgehead atoms. The van der Waals surface area contributed by atoms with Gasteiger partial charge in [-0.2, -0.15) is 0 Å². The maximum absolute atomic E-state index is 12.5. The number of hydrogen-bond donors (Lipinski definition) is 2. The summed E-state index contributed by atoms with van der Waals surface area (Å²) in [5.74, 6) is 0.769. The van der Waals surface area contributed by atoms with Crippen LogP contribution < -0.4 is 5.32 Å². The molecule has 0 unspecified atom stereocenters. The van der Waals surface area contributed by atoms with E-state index < -0.39 is 0 Å². The van der Waals surface area contributed by atoms with Crippen molar-refractivity contribution in [3.05, 3.63) is 52.8 Å². The van der Waals surface area contributed by atoms with E-state index in [-0.39, 0.29) is 11.9 Å². The highest BCUT2D eigenvalue weighted by Gasteiger charge is 2.18. The van der Waals surface area contributed by atoms with Crippen LogP contribution in [0.3, 0.4) is 0 Å². The van der Waals surface area contributed by atoms with Crippen molar-refractivity contribution in [3.63, 3.8) is 0 Å². The molecule has 1 atom stereocenters. The van der Waals surface area contributed by atoms with Crippen LogP contribution in [0.2, 0.25) is 0 Å². The van der Waals surface area contributed by atoms with Crippen molar-refractivity contribution in [1.82, 2.24) is 15.3 Å². The second kappa shape index (κ2) is 6.51. The zero-order valence-electron chi connectivity index (χ0n) is 14.6. The summed E-state index contributed by atoms with van der Waals surface area (Å²) in [7, 11) is 0. The molecule has 0 aliphatic heterocycles. The van der Waals surface area contributed by atoms with Crippen molar-refractivity contribution in [2.75, 3.05) is 0 Å². The number of fused-ring (bicyclic) bond motifs is 1. The van der Waals surface area contributed by atoms with Crippen LogP contribution in [0.5, 0.6) is 0 Å². The van der Waals surface area contributed by atoms with Gasteiger partial charge in [0, 0.05) is 22.8 Å². The normalized spacial score (nSPS) is 12.5. The fraction of sp³-hybridized carbons (Fsp3) is 0.368. The van der Waals surface area contributed by atoms with E-state index >= 15 is 0 Å². The molecule has 0 radical (unpaired) electrons. The molecule has 0 aliphatic carbocycles. The molecule has 0 spiro atoms. The molecule has 2 heterocycles. The molecule has 2 N–H and O–H groups in total. The van der Waals surface area contributed by atoms with E-state index in [1.54, 1.807) is 12.5 Å². The van der Waals surface area contributed by atoms with Gasteiger partial charge in [0.2, 0.25) is 5.91 Å². The predicted molar refractivity (Wildman–Crippen MR) is 93.9 cm³/mol. The van der Waals surface area contributed by atoms with Crippen molar-refractivity contribution in [3.8, 4) is 0 Å². The fourth-order valence-corrected chi connectivity index (χ4v) is 3.15. The largest absolute Gasteiger partial charge is 0.464 e. The lowest BCUT2D eigenvalue weighted by atomic mass is 10.0. The number of carbonyl (C=O) groups excluding carboxylic acids is 1. The molecule has 0 saturated carbocycles. The monoisotopic (exact) mass is 325 g/mol. The summed E-state index contributed by atoms with van der Waals surface area (Å²) >= 11 is 0. The summed E-state index contributed by atoms with van der Waals surface area (Å²) in [6.07, 6.45) is 4.55. The lowest BCUT2D eigenvalue weighted by molar-refractivity contribution is -0.121. The molecule has 126 valence electrons. The van der Waals surface area contributed by atoms with E-state index in [1.807, 2.05) is 33.8 Å². The molecule has 24 heavy (non-hydrogen) atoms. The van der Waals surface area contributed by atoms with Gasteiger partial charge in [-0.25, -0.2) is 4.98 Å². The third-order valence-electron chi connectivity index (χ3n) is 4.24. The average molecular weight is 325 g/mol. The average Bonchev–Trinajstić information content (AvgIpc) is 3.11. The molecule has 5 heteroatoms. The summed E-state index contributed by atoms with van der Waals surface area (Å²) in [5.41, 5.74) is 5.04. The molecule has 1 amide bonds. The Kier molecular flexibility index (Phi) is 4.42. The highest BCUT2D eigenvalue weighted by molar-refractivity contribution is 5.90. The first-order valence-electron chi connectivity index (χ1n) is 8.26. The van der Waals surface area contributed by atoms with Gasteiger partial charge in [0.25, 0.3) is 0 Å². The number of H-pyrrole nitrogens is 1. The van der Waals surface area contributed by atoms with Gasteiger partial charge in [-0.15, -0.1) is 0 Å². The summed E-state index contributed by atoms with van der Waals surface area (Å²) in [5, 5.41) is 4.10. The third-order valence-corrected chi connectivity index (χ3v) is 4.24. The number of imidazole rings is 1. The standard InChI is InChI=1S/C19H23N3O2/c1-5-15(19-20-9-13(4)21-19)22-17(23)8-14-10-24-16-7-11(2)6-12(3)18(14)16/h6-7,9-10,15H,5,8H2,1-4H3,(H,20,21)(H,22,23)/t15-/m1/s1. The van der Waals surface area contributed by atoms with Crippen LogP contribution in [0.1, 0.15) is 47.6 Å². The highest BCUT2D eigenvalue weighted by atomic mass is 16.3. The molecule has 3 rings (SSSR count). The Morgan fingerprint density at radius 3 is 2.79 bits per heavy atom. The Balaban J connectivity index is 1.77. The second-order valence-electron chi connectivity index (χ2n) is 6.37. The molecule has 1 aromatic carbocycles. The lowest BCUT2D eigenvalue weighted by Gasteiger charge is -2.14. The summed E-state index contributed by atoms with van der Waals surface area (Å²) in [4.78, 5) is 20.0. The maximum Gasteiger partial charge on any atom is 0.225 e. The van der Waals surface area contributed by atoms with Crippen molar-refractivity contribution in [2.45, 2.75) is 46.6 Å². The van der Waals surface area contributed by atoms with E-state index in [2.05, 4.69) is 21.4 Å². The van der Waals surface area contributed by atoms with Crippen molar-refractivity contribution < 1.29 is 9.21 Å². The van der Waals surface area contributed by atoms with E-state index in [0.29, 0.717) is 6.42 Å². The molecular weight excluding hydrogens is 302 g/mol. The van der Waals surface area contributed by atoms with Gasteiger partial charge in [-0.3, -0.25) is 4.79 Å². The van der Waals surface area contributed by atoms with Gasteiger partial charge in [0.1, 0.15) is 11.4 Å². The van der Waals surface area contributed by atoms with Crippen LogP contribution >= 0.6 is 0 Å². The minimum absolute atomic E-state index is 0.0291. The van der Waals surface area contributed by atoms with E-state index in [1.165, 1.54) is 0 Å². The molecule has 0 saturated heterocycles. The number of nitrogens with one attached hydrogen (secondary N) is 2. The number of carbonyl (C=O) groups is 1. The first kappa shape index (κ1) is 16.3. The third kappa shape index (κ3) is 3.20. The predicted octanol–water partition coefficient (Wildman–Crippen LogP) is 3.89. The molecule has 3 aromatic rings. The maximum atomic E-state index is 12.5. The zero-order valence-corrected chi connectivity index (χ0v) is 14.6. The number of rotatable bonds is 5. The van der Waals surface area contributed by atoms with Crippen LogP contribution in [0.15, 0.2) is 29.0 Å². The minimum atomic E-state index is -0.104. The number of aromatic nitrogens is 2. The zero-order chi connectivity index (χ0) is 17.3. The Hall–Kier alpha value is -2.56. The van der Waals surface area contributed by atoms with Crippen LogP contribution in [0.25, 0.3) is 11.0 Å². The van der Waals surface area contributed by atoms with Gasteiger partial charge >= 0.3 is 0 Å². The Labute approximate surface area is 141 Å². The fourth-order valence-electron chi connectivity index (χ4n) is 3.15. The van der Waals surface area contributed by atoms with Crippen molar-refractivity contribution >= 4 is 16.9 Å². The summed E-state index contributed by atoms with van der Waals surface area (Å²) in [6.45, 7) is 8.07. The smallest absolute Gasteiger partial charge is 0.225 e. The number of furan rings is 1. The molecular formula is C19H23N3O2. The van der Waals surface area contributed by atoms with Gasteiger partial charge in [0.05, 0.1) is 18.7 Å². The summed E-state index contributed by atoms with van der Waals surface area (Å²) in [6, 6.07) is 4.01. The topological polar surface area (TPSA) is 70.9 Å². The first-order valence-corrected chi connectivity index (χ1v) is 8.26. The Morgan fingerprint density at radius 2 is 2.12 bits per heavy atom. The number of amides is 1. The quantitative estimate of drug-likeness (QED) is 0.747. The Morgan fingerprint density at radius 1 is 1.33 bits per heavy atom. The van der Waals surface area contributed by atoms with E-state index in [4.69, 9.17) is 4.42 Å². The molecule has 2 aromatic heterocycles. The van der Waals surface area contributed by atoms with Gasteiger partial charge in [-0.05, 0) is 44.4 Å². The Bertz CT molecular complexity index is 876. The van der Waals surface area contributed by atoms with Crippen LogP contribution in [0.4, 0.5) is 0 Å². The number of nitrogens with zero attached hydrogens (tertiary/aromatic N) is 1. The lowest BCUT2D eigenvalue weighted by Crippen LogP contribution is -2.30. The first-order chi connectivity index (χ1) is 11.5. The molecule has 0 aliphatic rings. The summed E-state index contributed by atoms with van der Waals surface area (Å²) < 4.78 is 5.63. The molecule has 5 nitrogen and oxygen atoms in total. The minimum Gasteiger partial charge on any atom is -0.464 e. The van der Waals surface area contributed by atoms with Crippen LogP contribution in [-0.4, -0.2) is 15.9 Å².